The summed E-state index contributed by atoms with van der Waals surface area (Å²) in [7, 11) is 0. The van der Waals surface area contributed by atoms with E-state index in [1.165, 1.54) is 4.90 Å². The smallest absolute Gasteiger partial charge is 0.345 e. The Morgan fingerprint density at radius 2 is 2.35 bits per heavy atom. The van der Waals surface area contributed by atoms with E-state index in [0.29, 0.717) is 18.3 Å². The van der Waals surface area contributed by atoms with Gasteiger partial charge in [0.05, 0.1) is 12.8 Å². The van der Waals surface area contributed by atoms with E-state index in [1.54, 1.807) is 6.92 Å². The number of carbonyl (C=O) groups excluding carboxylic acids is 2. The third kappa shape index (κ3) is 2.90. The lowest BCUT2D eigenvalue weighted by atomic mass is 10.2. The number of alkyl halides is 1. The summed E-state index contributed by atoms with van der Waals surface area (Å²) >= 11 is 3.33. The molecule has 0 bridgehead atoms. The maximum atomic E-state index is 11.8. The predicted molar refractivity (Wildman–Crippen MR) is 75.1 cm³/mol. The molecule has 0 radical (unpaired) electrons. The van der Waals surface area contributed by atoms with Crippen molar-refractivity contribution in [1.82, 2.24) is 9.97 Å². The van der Waals surface area contributed by atoms with Gasteiger partial charge < -0.3 is 4.74 Å². The van der Waals surface area contributed by atoms with Crippen molar-refractivity contribution < 1.29 is 14.3 Å². The Morgan fingerprint density at radius 1 is 1.60 bits per heavy atom. The molecule has 108 valence electrons. The monoisotopic (exact) mass is 343 g/mol. The number of ether oxygens (including phenoxy) is 1. The molecular weight excluding hydrogens is 330 g/mol. The van der Waals surface area contributed by atoms with Crippen molar-refractivity contribution in [2.45, 2.75) is 13.3 Å². The van der Waals surface area contributed by atoms with Crippen LogP contribution in [0.15, 0.2) is 11.0 Å². The lowest BCUT2D eigenvalue weighted by Gasteiger charge is -2.14. The number of hydrogen-bond acceptors (Lipinski definition) is 5. The van der Waals surface area contributed by atoms with Crippen molar-refractivity contribution in [2.75, 3.05) is 23.4 Å². The second kappa shape index (κ2) is 6.17. The molecule has 2 heterocycles. The Hall–Kier alpha value is -1.70. The van der Waals surface area contributed by atoms with Crippen molar-refractivity contribution in [2.24, 2.45) is 5.92 Å². The summed E-state index contributed by atoms with van der Waals surface area (Å²) in [6, 6.07) is 0. The van der Waals surface area contributed by atoms with Crippen molar-refractivity contribution >= 4 is 33.8 Å². The number of rotatable bonds is 4. The molecule has 1 aromatic rings. The molecule has 20 heavy (non-hydrogen) atoms. The normalized spacial score (nSPS) is 18.4. The number of nitrogens with one attached hydrogen (secondary N) is 1. The van der Waals surface area contributed by atoms with Gasteiger partial charge in [0.25, 0.3) is 5.56 Å². The minimum Gasteiger partial charge on any atom is -0.462 e. The van der Waals surface area contributed by atoms with E-state index >= 15 is 0 Å². The topological polar surface area (TPSA) is 92.4 Å². The lowest BCUT2D eigenvalue weighted by Crippen LogP contribution is -2.30. The Balaban J connectivity index is 2.24. The number of hydrogen-bond donors (Lipinski definition) is 1. The summed E-state index contributed by atoms with van der Waals surface area (Å²) in [6.07, 6.45) is 1.55. The largest absolute Gasteiger partial charge is 0.462 e. The molecular formula is C12H14BrN3O4. The minimum absolute atomic E-state index is 0.0958. The average Bonchev–Trinajstić information content (AvgIpc) is 2.80. The van der Waals surface area contributed by atoms with E-state index in [2.05, 4.69) is 25.9 Å². The van der Waals surface area contributed by atoms with Gasteiger partial charge in [0.1, 0.15) is 5.56 Å². The van der Waals surface area contributed by atoms with Crippen molar-refractivity contribution in [3.05, 3.63) is 22.1 Å². The molecule has 0 aromatic carbocycles. The molecule has 1 atom stereocenters. The SMILES string of the molecule is CCOC(=O)c1cnc(N2CC(CBr)CC2=O)[nH]c1=O. The van der Waals surface area contributed by atoms with E-state index in [4.69, 9.17) is 4.74 Å². The maximum absolute atomic E-state index is 11.8. The molecule has 1 saturated heterocycles. The zero-order chi connectivity index (χ0) is 14.7. The standard InChI is InChI=1S/C12H14BrN3O4/c1-2-20-11(19)8-5-14-12(15-10(8)18)16-6-7(4-13)3-9(16)17/h5,7H,2-4,6H2,1H3,(H,14,15,18). The zero-order valence-corrected chi connectivity index (χ0v) is 12.5. The van der Waals surface area contributed by atoms with Gasteiger partial charge in [-0.3, -0.25) is 19.5 Å². The summed E-state index contributed by atoms with van der Waals surface area (Å²) in [5.41, 5.74) is -0.775. The van der Waals surface area contributed by atoms with Gasteiger partial charge in [-0.2, -0.15) is 0 Å². The summed E-state index contributed by atoms with van der Waals surface area (Å²) in [5, 5.41) is 0.709. The Morgan fingerprint density at radius 3 is 2.90 bits per heavy atom. The number of H-pyrrole nitrogens is 1. The van der Waals surface area contributed by atoms with Crippen LogP contribution >= 0.6 is 15.9 Å². The Kier molecular flexibility index (Phi) is 4.53. The van der Waals surface area contributed by atoms with Crippen LogP contribution in [0.3, 0.4) is 0 Å². The molecule has 0 saturated carbocycles. The number of nitrogens with zero attached hydrogens (tertiary/aromatic N) is 2. The van der Waals surface area contributed by atoms with Crippen LogP contribution in [0.25, 0.3) is 0 Å². The molecule has 1 N–H and O–H groups in total. The highest BCUT2D eigenvalue weighted by molar-refractivity contribution is 9.09. The summed E-state index contributed by atoms with van der Waals surface area (Å²) in [5.74, 6) is -0.464. The third-order valence-corrected chi connectivity index (χ3v) is 3.88. The van der Waals surface area contributed by atoms with Gasteiger partial charge in [-0.25, -0.2) is 9.78 Å². The molecule has 1 aliphatic heterocycles. The average molecular weight is 344 g/mol. The van der Waals surface area contributed by atoms with Gasteiger partial charge in [0, 0.05) is 18.3 Å². The van der Waals surface area contributed by atoms with Crippen LogP contribution in [-0.4, -0.2) is 40.3 Å². The molecule has 2 rings (SSSR count). The highest BCUT2D eigenvalue weighted by Gasteiger charge is 2.31. The molecule has 1 fully saturated rings. The second-order valence-electron chi connectivity index (χ2n) is 4.40. The zero-order valence-electron chi connectivity index (χ0n) is 10.9. The number of anilines is 1. The molecule has 0 spiro atoms. The number of carbonyl (C=O) groups is 2. The number of esters is 1. The van der Waals surface area contributed by atoms with Crippen LogP contribution in [0, 0.1) is 5.92 Å². The summed E-state index contributed by atoms with van der Waals surface area (Å²) in [6.45, 7) is 2.32. The fourth-order valence-electron chi connectivity index (χ4n) is 1.97. The van der Waals surface area contributed by atoms with Crippen LogP contribution in [0.1, 0.15) is 23.7 Å². The first-order chi connectivity index (χ1) is 9.56. The van der Waals surface area contributed by atoms with Gasteiger partial charge in [-0.15, -0.1) is 0 Å². The van der Waals surface area contributed by atoms with Gasteiger partial charge >= 0.3 is 5.97 Å². The van der Waals surface area contributed by atoms with Crippen LogP contribution < -0.4 is 10.5 Å². The van der Waals surface area contributed by atoms with Crippen LogP contribution in [0.2, 0.25) is 0 Å². The Bertz CT molecular complexity index is 586. The van der Waals surface area contributed by atoms with Gasteiger partial charge in [-0.1, -0.05) is 15.9 Å². The van der Waals surface area contributed by atoms with E-state index in [0.717, 1.165) is 6.20 Å². The maximum Gasteiger partial charge on any atom is 0.345 e. The molecule has 1 aliphatic rings. The van der Waals surface area contributed by atoms with Gasteiger partial charge in [0.2, 0.25) is 11.9 Å². The molecule has 8 heteroatoms. The van der Waals surface area contributed by atoms with Crippen LogP contribution in [0.4, 0.5) is 5.95 Å². The molecule has 0 aliphatic carbocycles. The number of aromatic amines is 1. The Labute approximate surface area is 123 Å². The second-order valence-corrected chi connectivity index (χ2v) is 5.05. The van der Waals surface area contributed by atoms with Gasteiger partial charge in [0.15, 0.2) is 0 Å². The number of aromatic nitrogens is 2. The highest BCUT2D eigenvalue weighted by Crippen LogP contribution is 2.22. The van der Waals surface area contributed by atoms with E-state index < -0.39 is 11.5 Å². The molecule has 1 amide bonds. The first-order valence-electron chi connectivity index (χ1n) is 6.19. The van der Waals surface area contributed by atoms with Crippen molar-refractivity contribution in [3.63, 3.8) is 0 Å². The highest BCUT2D eigenvalue weighted by atomic mass is 79.9. The van der Waals surface area contributed by atoms with E-state index in [-0.39, 0.29) is 29.9 Å². The van der Waals surface area contributed by atoms with E-state index in [9.17, 15) is 14.4 Å². The van der Waals surface area contributed by atoms with Crippen LogP contribution in [-0.2, 0) is 9.53 Å². The first-order valence-corrected chi connectivity index (χ1v) is 7.31. The molecule has 7 nitrogen and oxygen atoms in total. The van der Waals surface area contributed by atoms with Crippen LogP contribution in [0.5, 0.6) is 0 Å². The van der Waals surface area contributed by atoms with Gasteiger partial charge in [-0.05, 0) is 12.8 Å². The quantitative estimate of drug-likeness (QED) is 0.641. The fourth-order valence-corrected chi connectivity index (χ4v) is 2.40. The summed E-state index contributed by atoms with van der Waals surface area (Å²) in [4.78, 5) is 43.0. The number of amides is 1. The molecule has 1 aromatic heterocycles. The van der Waals surface area contributed by atoms with Crippen molar-refractivity contribution in [1.29, 1.82) is 0 Å². The summed E-state index contributed by atoms with van der Waals surface area (Å²) < 4.78 is 4.74. The lowest BCUT2D eigenvalue weighted by molar-refractivity contribution is -0.117. The predicted octanol–water partition coefficient (Wildman–Crippen LogP) is 0.694. The van der Waals surface area contributed by atoms with E-state index in [1.807, 2.05) is 0 Å². The fraction of sp³-hybridized carbons (Fsp3) is 0.500. The van der Waals surface area contributed by atoms with Crippen molar-refractivity contribution in [3.8, 4) is 0 Å². The third-order valence-electron chi connectivity index (χ3n) is 2.96. The minimum atomic E-state index is -0.723. The number of halogens is 1. The first kappa shape index (κ1) is 14.7. The molecule has 1 unspecified atom stereocenters.